The molecule has 0 spiro atoms. The molecule has 0 saturated heterocycles. The number of carbonyl (C=O) groups excluding carboxylic acids is 1. The van der Waals surface area contributed by atoms with Crippen molar-refractivity contribution in [2.24, 2.45) is 5.92 Å². The first-order chi connectivity index (χ1) is 10.4. The van der Waals surface area contributed by atoms with Gasteiger partial charge in [0.2, 0.25) is 5.91 Å². The molecule has 0 fully saturated rings. The highest BCUT2D eigenvalue weighted by molar-refractivity contribution is 6.43. The molecule has 1 aromatic carbocycles. The number of carbonyl (C=O) groups is 1. The largest absolute Gasteiger partial charge is 0.475 e. The Hall–Kier alpha value is -1.37. The van der Waals surface area contributed by atoms with Gasteiger partial charge in [-0.15, -0.1) is 0 Å². The lowest BCUT2D eigenvalue weighted by atomic mass is 9.75. The van der Waals surface area contributed by atoms with Gasteiger partial charge in [-0.05, 0) is 37.8 Å². The first-order valence-corrected chi connectivity index (χ1v) is 7.81. The van der Waals surface area contributed by atoms with Crippen LogP contribution in [0.15, 0.2) is 30.3 Å². The molecule has 5 nitrogen and oxygen atoms in total. The van der Waals surface area contributed by atoms with Gasteiger partial charge in [-0.3, -0.25) is 4.79 Å². The molecule has 1 rings (SSSR count). The Morgan fingerprint density at radius 2 is 1.86 bits per heavy atom. The van der Waals surface area contributed by atoms with Crippen LogP contribution in [0.1, 0.15) is 32.3 Å². The van der Waals surface area contributed by atoms with Gasteiger partial charge < -0.3 is 20.7 Å². The van der Waals surface area contributed by atoms with E-state index in [9.17, 15) is 14.8 Å². The van der Waals surface area contributed by atoms with Crippen LogP contribution in [-0.4, -0.2) is 42.1 Å². The van der Waals surface area contributed by atoms with Gasteiger partial charge in [-0.25, -0.2) is 0 Å². The highest BCUT2D eigenvalue weighted by Crippen LogP contribution is 2.08. The van der Waals surface area contributed by atoms with E-state index >= 15 is 0 Å². The Morgan fingerprint density at radius 1 is 1.23 bits per heavy atom. The van der Waals surface area contributed by atoms with Crippen LogP contribution in [0.5, 0.6) is 0 Å². The van der Waals surface area contributed by atoms with Crippen LogP contribution in [0.25, 0.3) is 0 Å². The number of nitrogens with one attached hydrogen (secondary N) is 2. The van der Waals surface area contributed by atoms with Crippen molar-refractivity contribution in [3.8, 4) is 0 Å². The minimum absolute atomic E-state index is 0.197. The van der Waals surface area contributed by atoms with Crippen LogP contribution in [0.3, 0.4) is 0 Å². The number of benzene rings is 1. The standard InChI is InChI=1S/C16H27BN2O3/c1-12(2)11-15(17(21)22)19-16(20)14(18-3)10-9-13-7-5-4-6-8-13/h4-8,12,14-15,18,21-22H,9-11H2,1-3H3,(H,19,20)/t14-,15-/m0/s1. The fourth-order valence-electron chi connectivity index (χ4n) is 2.41. The van der Waals surface area contributed by atoms with E-state index in [1.807, 2.05) is 44.2 Å². The zero-order valence-corrected chi connectivity index (χ0v) is 13.6. The molecule has 4 N–H and O–H groups in total. The summed E-state index contributed by atoms with van der Waals surface area (Å²) in [6.45, 7) is 3.96. The van der Waals surface area contributed by atoms with Crippen molar-refractivity contribution in [3.63, 3.8) is 0 Å². The minimum atomic E-state index is -1.54. The van der Waals surface area contributed by atoms with Crippen LogP contribution in [0.4, 0.5) is 0 Å². The molecule has 122 valence electrons. The maximum absolute atomic E-state index is 12.3. The zero-order valence-electron chi connectivity index (χ0n) is 13.6. The van der Waals surface area contributed by atoms with E-state index in [0.717, 1.165) is 6.42 Å². The summed E-state index contributed by atoms with van der Waals surface area (Å²) in [6, 6.07) is 9.63. The van der Waals surface area contributed by atoms with Crippen molar-refractivity contribution in [2.45, 2.75) is 45.1 Å². The third-order valence-electron chi connectivity index (χ3n) is 3.64. The Kier molecular flexibility index (Phi) is 8.16. The number of hydrogen-bond donors (Lipinski definition) is 4. The summed E-state index contributed by atoms with van der Waals surface area (Å²) in [7, 11) is 0.195. The van der Waals surface area contributed by atoms with Gasteiger partial charge >= 0.3 is 7.12 Å². The molecule has 1 aromatic rings. The molecule has 0 unspecified atom stereocenters. The highest BCUT2D eigenvalue weighted by Gasteiger charge is 2.28. The highest BCUT2D eigenvalue weighted by atomic mass is 16.4. The van der Waals surface area contributed by atoms with E-state index in [1.54, 1.807) is 7.05 Å². The van der Waals surface area contributed by atoms with Gasteiger partial charge in [0.15, 0.2) is 0 Å². The normalized spacial score (nSPS) is 13.7. The lowest BCUT2D eigenvalue weighted by Gasteiger charge is -2.23. The van der Waals surface area contributed by atoms with Gasteiger partial charge in [-0.2, -0.15) is 0 Å². The van der Waals surface area contributed by atoms with Gasteiger partial charge in [0.05, 0.1) is 12.0 Å². The summed E-state index contributed by atoms with van der Waals surface area (Å²) in [5, 5.41) is 24.5. The Balaban J connectivity index is 2.55. The van der Waals surface area contributed by atoms with E-state index in [1.165, 1.54) is 5.56 Å². The summed E-state index contributed by atoms with van der Waals surface area (Å²) >= 11 is 0. The molecule has 22 heavy (non-hydrogen) atoms. The summed E-state index contributed by atoms with van der Waals surface area (Å²) < 4.78 is 0. The topological polar surface area (TPSA) is 81.6 Å². The van der Waals surface area contributed by atoms with Gasteiger partial charge in [0, 0.05) is 0 Å². The Morgan fingerprint density at radius 3 is 2.36 bits per heavy atom. The number of aryl methyl sites for hydroxylation is 1. The van der Waals surface area contributed by atoms with Crippen molar-refractivity contribution >= 4 is 13.0 Å². The summed E-state index contributed by atoms with van der Waals surface area (Å²) in [5.41, 5.74) is 1.18. The average molecular weight is 306 g/mol. The second-order valence-electron chi connectivity index (χ2n) is 6.02. The second-order valence-corrected chi connectivity index (χ2v) is 6.02. The van der Waals surface area contributed by atoms with Crippen LogP contribution < -0.4 is 10.6 Å². The quantitative estimate of drug-likeness (QED) is 0.508. The predicted octanol–water partition coefficient (Wildman–Crippen LogP) is 0.750. The molecular formula is C16H27BN2O3. The van der Waals surface area contributed by atoms with E-state index in [4.69, 9.17) is 0 Å². The molecular weight excluding hydrogens is 279 g/mol. The van der Waals surface area contributed by atoms with Crippen LogP contribution in [0.2, 0.25) is 0 Å². The predicted molar refractivity (Wildman–Crippen MR) is 89.2 cm³/mol. The van der Waals surface area contributed by atoms with Crippen molar-refractivity contribution in [2.75, 3.05) is 7.05 Å². The molecule has 0 aliphatic rings. The molecule has 1 amide bonds. The van der Waals surface area contributed by atoms with E-state index in [0.29, 0.717) is 12.8 Å². The van der Waals surface area contributed by atoms with Crippen molar-refractivity contribution < 1.29 is 14.8 Å². The summed E-state index contributed by atoms with van der Waals surface area (Å²) in [6.07, 6.45) is 1.97. The molecule has 0 aliphatic heterocycles. The van der Waals surface area contributed by atoms with Crippen molar-refractivity contribution in [1.82, 2.24) is 10.6 Å². The average Bonchev–Trinajstić information content (AvgIpc) is 2.47. The van der Waals surface area contributed by atoms with E-state index < -0.39 is 13.1 Å². The van der Waals surface area contributed by atoms with Crippen LogP contribution >= 0.6 is 0 Å². The maximum Gasteiger partial charge on any atom is 0.475 e. The summed E-state index contributed by atoms with van der Waals surface area (Å²) in [5.74, 6) is -0.568. The maximum atomic E-state index is 12.3. The number of likely N-dealkylation sites (N-methyl/N-ethyl adjacent to an activating group) is 1. The monoisotopic (exact) mass is 306 g/mol. The van der Waals surface area contributed by atoms with Crippen LogP contribution in [0, 0.1) is 5.92 Å². The van der Waals surface area contributed by atoms with Gasteiger partial charge in [0.25, 0.3) is 0 Å². The Bertz CT molecular complexity index is 440. The smallest absolute Gasteiger partial charge is 0.426 e. The Labute approximate surface area is 133 Å². The third-order valence-corrected chi connectivity index (χ3v) is 3.64. The first-order valence-electron chi connectivity index (χ1n) is 7.81. The van der Waals surface area contributed by atoms with Crippen molar-refractivity contribution in [3.05, 3.63) is 35.9 Å². The number of amides is 1. The molecule has 0 radical (unpaired) electrons. The molecule has 0 bridgehead atoms. The molecule has 6 heteroatoms. The SMILES string of the molecule is CN[C@@H](CCc1ccccc1)C(=O)N[C@@H](CC(C)C)B(O)O. The molecule has 0 heterocycles. The van der Waals surface area contributed by atoms with Gasteiger partial charge in [-0.1, -0.05) is 44.2 Å². The van der Waals surface area contributed by atoms with Gasteiger partial charge in [0.1, 0.15) is 0 Å². The summed E-state index contributed by atoms with van der Waals surface area (Å²) in [4.78, 5) is 12.3. The van der Waals surface area contributed by atoms with E-state index in [2.05, 4.69) is 10.6 Å². The third kappa shape index (κ3) is 6.60. The molecule has 0 aliphatic carbocycles. The van der Waals surface area contributed by atoms with Crippen LogP contribution in [-0.2, 0) is 11.2 Å². The molecule has 2 atom stereocenters. The lowest BCUT2D eigenvalue weighted by Crippen LogP contribution is -2.53. The second kappa shape index (κ2) is 9.61. The molecule has 0 aromatic heterocycles. The molecule has 0 saturated carbocycles. The fourth-order valence-corrected chi connectivity index (χ4v) is 2.41. The number of hydrogen-bond acceptors (Lipinski definition) is 4. The fraction of sp³-hybridized carbons (Fsp3) is 0.562. The minimum Gasteiger partial charge on any atom is -0.426 e. The van der Waals surface area contributed by atoms with Crippen molar-refractivity contribution in [1.29, 1.82) is 0 Å². The van der Waals surface area contributed by atoms with E-state index in [-0.39, 0.29) is 17.9 Å². The number of rotatable bonds is 9. The first kappa shape index (κ1) is 18.7. The zero-order chi connectivity index (χ0) is 16.5. The lowest BCUT2D eigenvalue weighted by molar-refractivity contribution is -0.123.